The number of ether oxygens (including phenoxy) is 3. The van der Waals surface area contributed by atoms with Crippen LogP contribution in [0.15, 0.2) is 30.0 Å². The summed E-state index contributed by atoms with van der Waals surface area (Å²) in [4.78, 5) is 0. The van der Waals surface area contributed by atoms with Gasteiger partial charge in [0.25, 0.3) is 8.32 Å². The third-order valence-electron chi connectivity index (χ3n) is 8.83. The molecule has 178 valence electrons. The standard InChI is InChI=1S/C27H37NO4Si/c1-17(2)33(18(3)4,19(5)6)32-21-8-7-20-13-24-25-23(15-29-24)27(30-11-12-31-27)10-9-26(25,16-28)22(20)14-21/h7-8,14-15,17-19,24-25H,9-13H2,1-6H3/t24-,25-,26-/m1/s1. The quantitative estimate of drug-likeness (QED) is 0.498. The predicted molar refractivity (Wildman–Crippen MR) is 129 cm³/mol. The molecule has 1 aromatic rings. The minimum atomic E-state index is -2.09. The van der Waals surface area contributed by atoms with Crippen molar-refractivity contribution < 1.29 is 18.6 Å². The highest BCUT2D eigenvalue weighted by molar-refractivity contribution is 6.78. The van der Waals surface area contributed by atoms with Crippen molar-refractivity contribution in [1.82, 2.24) is 0 Å². The Balaban J connectivity index is 1.57. The Labute approximate surface area is 199 Å². The van der Waals surface area contributed by atoms with E-state index in [-0.39, 0.29) is 12.0 Å². The molecular weight excluding hydrogens is 430 g/mol. The molecule has 1 aromatic carbocycles. The molecule has 1 saturated carbocycles. The molecule has 1 saturated heterocycles. The normalized spacial score (nSPS) is 29.6. The number of benzene rings is 1. The summed E-state index contributed by atoms with van der Waals surface area (Å²) in [5.74, 6) is 0.169. The second-order valence-electron chi connectivity index (χ2n) is 11.2. The Bertz CT molecular complexity index is 982. The maximum atomic E-state index is 10.7. The van der Waals surface area contributed by atoms with E-state index < -0.39 is 19.5 Å². The summed E-state index contributed by atoms with van der Waals surface area (Å²) in [6.45, 7) is 15.0. The van der Waals surface area contributed by atoms with E-state index in [1.807, 2.05) is 6.26 Å². The van der Waals surface area contributed by atoms with Crippen LogP contribution in [0, 0.1) is 17.2 Å². The Kier molecular flexibility index (Phi) is 5.47. The van der Waals surface area contributed by atoms with Gasteiger partial charge in [0.1, 0.15) is 11.9 Å². The maximum absolute atomic E-state index is 10.7. The van der Waals surface area contributed by atoms with Gasteiger partial charge in [0.15, 0.2) is 5.79 Å². The van der Waals surface area contributed by atoms with Gasteiger partial charge in [-0.2, -0.15) is 5.26 Å². The summed E-state index contributed by atoms with van der Waals surface area (Å²) >= 11 is 0. The Morgan fingerprint density at radius 3 is 2.30 bits per heavy atom. The third kappa shape index (κ3) is 3.08. The molecule has 6 heteroatoms. The highest BCUT2D eigenvalue weighted by Crippen LogP contribution is 2.60. The van der Waals surface area contributed by atoms with Crippen molar-refractivity contribution in [2.24, 2.45) is 5.92 Å². The van der Waals surface area contributed by atoms with Gasteiger partial charge < -0.3 is 18.6 Å². The number of nitriles is 1. The minimum absolute atomic E-state index is 0.0422. The number of hydrogen-bond acceptors (Lipinski definition) is 5. The molecule has 4 aliphatic rings. The van der Waals surface area contributed by atoms with Crippen LogP contribution in [0.5, 0.6) is 5.75 Å². The second kappa shape index (κ2) is 7.86. The molecule has 1 spiro atoms. The van der Waals surface area contributed by atoms with Crippen LogP contribution in [0.3, 0.4) is 0 Å². The van der Waals surface area contributed by atoms with Crippen LogP contribution in [0.2, 0.25) is 16.6 Å². The molecule has 5 nitrogen and oxygen atoms in total. The van der Waals surface area contributed by atoms with Crippen molar-refractivity contribution in [3.63, 3.8) is 0 Å². The number of rotatable bonds is 5. The van der Waals surface area contributed by atoms with Crippen LogP contribution in [0.1, 0.15) is 65.5 Å². The summed E-state index contributed by atoms with van der Waals surface area (Å²) in [6.07, 6.45) is 3.96. The van der Waals surface area contributed by atoms with Gasteiger partial charge in [0, 0.05) is 24.3 Å². The van der Waals surface area contributed by atoms with E-state index in [9.17, 15) is 5.26 Å². The summed E-state index contributed by atoms with van der Waals surface area (Å²) in [6, 6.07) is 9.25. The minimum Gasteiger partial charge on any atom is -0.543 e. The van der Waals surface area contributed by atoms with Crippen molar-refractivity contribution >= 4 is 8.32 Å². The average Bonchev–Trinajstić information content (AvgIpc) is 3.42. The molecule has 0 amide bonds. The van der Waals surface area contributed by atoms with Crippen LogP contribution >= 0.6 is 0 Å². The average molecular weight is 468 g/mol. The zero-order valence-electron chi connectivity index (χ0n) is 20.8. The molecule has 3 atom stereocenters. The monoisotopic (exact) mass is 467 g/mol. The lowest BCUT2D eigenvalue weighted by atomic mass is 9.55. The fourth-order valence-corrected chi connectivity index (χ4v) is 12.7. The molecule has 0 bridgehead atoms. The van der Waals surface area contributed by atoms with Crippen LogP contribution in [-0.4, -0.2) is 33.4 Å². The van der Waals surface area contributed by atoms with E-state index in [1.54, 1.807) is 0 Å². The molecular formula is C27H37NO4Si. The van der Waals surface area contributed by atoms with Crippen molar-refractivity contribution in [1.29, 1.82) is 5.26 Å². The smallest absolute Gasteiger partial charge is 0.258 e. The highest BCUT2D eigenvalue weighted by atomic mass is 28.4. The largest absolute Gasteiger partial charge is 0.543 e. The maximum Gasteiger partial charge on any atom is 0.258 e. The molecule has 2 aliphatic heterocycles. The topological polar surface area (TPSA) is 60.7 Å². The van der Waals surface area contributed by atoms with Gasteiger partial charge in [0.05, 0.1) is 31.0 Å². The summed E-state index contributed by atoms with van der Waals surface area (Å²) in [7, 11) is -2.09. The first kappa shape index (κ1) is 23.0. The van der Waals surface area contributed by atoms with Gasteiger partial charge in [-0.3, -0.25) is 0 Å². The van der Waals surface area contributed by atoms with E-state index in [4.69, 9.17) is 18.6 Å². The van der Waals surface area contributed by atoms with Crippen LogP contribution in [-0.2, 0) is 26.0 Å². The van der Waals surface area contributed by atoms with Gasteiger partial charge in [-0.1, -0.05) is 47.6 Å². The van der Waals surface area contributed by atoms with Crippen molar-refractivity contribution in [3.8, 4) is 11.8 Å². The zero-order chi connectivity index (χ0) is 23.6. The lowest BCUT2D eigenvalue weighted by Crippen LogP contribution is -2.55. The van der Waals surface area contributed by atoms with Crippen LogP contribution in [0.4, 0.5) is 0 Å². The van der Waals surface area contributed by atoms with E-state index >= 15 is 0 Å². The second-order valence-corrected chi connectivity index (χ2v) is 16.6. The molecule has 5 rings (SSSR count). The number of hydrogen-bond donors (Lipinski definition) is 0. The Morgan fingerprint density at radius 1 is 1.03 bits per heavy atom. The molecule has 33 heavy (non-hydrogen) atoms. The summed E-state index contributed by atoms with van der Waals surface area (Å²) < 4.78 is 25.4. The van der Waals surface area contributed by atoms with E-state index in [2.05, 4.69) is 65.8 Å². The van der Waals surface area contributed by atoms with Crippen molar-refractivity contribution in [2.45, 2.75) is 94.7 Å². The fraction of sp³-hybridized carbons (Fsp3) is 0.667. The molecule has 2 aliphatic carbocycles. The summed E-state index contributed by atoms with van der Waals surface area (Å²) in [5.41, 5.74) is 4.18. The first-order valence-corrected chi connectivity index (χ1v) is 14.7. The molecule has 0 unspecified atom stereocenters. The van der Waals surface area contributed by atoms with Gasteiger partial charge in [-0.25, -0.2) is 0 Å². The van der Waals surface area contributed by atoms with Crippen LogP contribution in [0.25, 0.3) is 0 Å². The van der Waals surface area contributed by atoms with Crippen LogP contribution < -0.4 is 4.43 Å². The fourth-order valence-electron chi connectivity index (χ4n) is 7.49. The van der Waals surface area contributed by atoms with E-state index in [1.165, 1.54) is 5.56 Å². The Hall–Kier alpha value is -1.81. The molecule has 0 aromatic heterocycles. The Morgan fingerprint density at radius 2 is 1.70 bits per heavy atom. The lowest BCUT2D eigenvalue weighted by molar-refractivity contribution is -0.154. The number of fused-ring (bicyclic) bond motifs is 3. The molecule has 2 heterocycles. The predicted octanol–water partition coefficient (Wildman–Crippen LogP) is 5.99. The summed E-state index contributed by atoms with van der Waals surface area (Å²) in [5, 5.41) is 10.7. The van der Waals surface area contributed by atoms with Crippen molar-refractivity contribution in [3.05, 3.63) is 41.2 Å². The lowest BCUT2D eigenvalue weighted by Gasteiger charge is -2.50. The van der Waals surface area contributed by atoms with E-state index in [0.29, 0.717) is 42.7 Å². The molecule has 0 radical (unpaired) electrons. The third-order valence-corrected chi connectivity index (χ3v) is 14.8. The van der Waals surface area contributed by atoms with Gasteiger partial charge in [0.2, 0.25) is 0 Å². The highest BCUT2D eigenvalue weighted by Gasteiger charge is 2.63. The SMILES string of the molecule is CC(C)[Si](Oc1ccc2c(c1)[C@]1(C#N)CCC3(OCCO3)C3=CO[C@H](C2)[C@@H]31)(C(C)C)C(C)C. The van der Waals surface area contributed by atoms with Gasteiger partial charge in [-0.05, 0) is 46.3 Å². The van der Waals surface area contributed by atoms with Crippen molar-refractivity contribution in [2.75, 3.05) is 13.2 Å². The van der Waals surface area contributed by atoms with Gasteiger partial charge in [-0.15, -0.1) is 0 Å². The first-order valence-electron chi connectivity index (χ1n) is 12.6. The van der Waals surface area contributed by atoms with Gasteiger partial charge >= 0.3 is 0 Å². The number of nitrogens with zero attached hydrogens (tertiary/aromatic N) is 1. The molecule has 0 N–H and O–H groups in total. The molecule has 2 fully saturated rings. The zero-order valence-corrected chi connectivity index (χ0v) is 21.8. The van der Waals surface area contributed by atoms with E-state index in [0.717, 1.165) is 23.3 Å². The first-order chi connectivity index (χ1) is 15.7.